The summed E-state index contributed by atoms with van der Waals surface area (Å²) < 4.78 is 1.77. The van der Waals surface area contributed by atoms with Crippen molar-refractivity contribution in [1.29, 1.82) is 0 Å². The van der Waals surface area contributed by atoms with Crippen molar-refractivity contribution in [2.75, 3.05) is 0 Å². The highest BCUT2D eigenvalue weighted by molar-refractivity contribution is 6.09. The number of benzene rings is 4. The Labute approximate surface area is 150 Å². The van der Waals surface area contributed by atoms with Crippen LogP contribution < -0.4 is 10.9 Å². The molecule has 0 N–H and O–H groups in total. The van der Waals surface area contributed by atoms with Gasteiger partial charge >= 0.3 is 0 Å². The number of aryl methyl sites for hydroxylation is 1. The SMILES string of the molecule is C=c1c2cccc3cccc(c(=O)n1-c1cccc4cccc(C)c14)c32. The van der Waals surface area contributed by atoms with Crippen molar-refractivity contribution in [3.8, 4) is 5.69 Å². The van der Waals surface area contributed by atoms with Gasteiger partial charge in [0, 0.05) is 26.9 Å². The molecule has 1 heterocycles. The van der Waals surface area contributed by atoms with Gasteiger partial charge in [0.2, 0.25) is 0 Å². The number of hydrogen-bond acceptors (Lipinski definition) is 1. The van der Waals surface area contributed by atoms with E-state index in [2.05, 4.69) is 31.7 Å². The molecule has 0 saturated heterocycles. The topological polar surface area (TPSA) is 22.0 Å². The lowest BCUT2D eigenvalue weighted by Gasteiger charge is -2.15. The molecule has 124 valence electrons. The molecule has 0 atom stereocenters. The van der Waals surface area contributed by atoms with E-state index in [9.17, 15) is 4.79 Å². The molecule has 0 bridgehead atoms. The third-order valence-corrected chi connectivity index (χ3v) is 5.25. The molecule has 4 aromatic carbocycles. The normalized spacial score (nSPS) is 11.6. The van der Waals surface area contributed by atoms with Crippen molar-refractivity contribution in [3.63, 3.8) is 0 Å². The van der Waals surface area contributed by atoms with Crippen molar-refractivity contribution < 1.29 is 0 Å². The Morgan fingerprint density at radius 2 is 1.31 bits per heavy atom. The highest BCUT2D eigenvalue weighted by atomic mass is 16.1. The molecule has 26 heavy (non-hydrogen) atoms. The zero-order valence-electron chi connectivity index (χ0n) is 14.5. The first kappa shape index (κ1) is 14.9. The summed E-state index contributed by atoms with van der Waals surface area (Å²) in [5.41, 5.74) is 2.02. The molecule has 1 aromatic heterocycles. The molecule has 0 unspecified atom stereocenters. The Hall–Kier alpha value is -3.39. The lowest BCUT2D eigenvalue weighted by atomic mass is 10.0. The van der Waals surface area contributed by atoms with E-state index >= 15 is 0 Å². The number of rotatable bonds is 1. The minimum absolute atomic E-state index is 0.0185. The van der Waals surface area contributed by atoms with Gasteiger partial charge in [0.25, 0.3) is 5.56 Å². The first-order valence-corrected chi connectivity index (χ1v) is 8.70. The Morgan fingerprint density at radius 1 is 0.731 bits per heavy atom. The maximum Gasteiger partial charge on any atom is 0.263 e. The Morgan fingerprint density at radius 3 is 2.04 bits per heavy atom. The lowest BCUT2D eigenvalue weighted by Crippen LogP contribution is -2.31. The van der Waals surface area contributed by atoms with Crippen LogP contribution in [0.5, 0.6) is 0 Å². The van der Waals surface area contributed by atoms with Gasteiger partial charge in [-0.25, -0.2) is 0 Å². The summed E-state index contributed by atoms with van der Waals surface area (Å²) >= 11 is 0. The average Bonchev–Trinajstić information content (AvgIpc) is 2.66. The molecular formula is C24H17NO. The standard InChI is InChI=1S/C24H17NO/c1-15-7-3-8-17-11-6-14-21(22(15)17)25-16(2)19-12-4-9-18-10-5-13-20(23(18)19)24(25)26/h3-14H,2H2,1H3. The van der Waals surface area contributed by atoms with Crippen LogP contribution in [-0.2, 0) is 0 Å². The minimum atomic E-state index is -0.0185. The van der Waals surface area contributed by atoms with E-state index in [1.165, 1.54) is 0 Å². The van der Waals surface area contributed by atoms with Gasteiger partial charge in [-0.15, -0.1) is 0 Å². The van der Waals surface area contributed by atoms with Crippen LogP contribution in [0.15, 0.2) is 77.6 Å². The summed E-state index contributed by atoms with van der Waals surface area (Å²) in [5, 5.41) is 6.77. The molecule has 0 amide bonds. The van der Waals surface area contributed by atoms with Gasteiger partial charge in [0.15, 0.2) is 0 Å². The Balaban J connectivity index is 2.06. The molecule has 2 heteroatoms. The van der Waals surface area contributed by atoms with E-state index in [1.807, 2.05) is 54.6 Å². The van der Waals surface area contributed by atoms with Crippen LogP contribution in [0, 0.1) is 6.92 Å². The van der Waals surface area contributed by atoms with Crippen molar-refractivity contribution in [2.45, 2.75) is 6.92 Å². The van der Waals surface area contributed by atoms with Crippen molar-refractivity contribution in [2.24, 2.45) is 0 Å². The monoisotopic (exact) mass is 335 g/mol. The first-order valence-electron chi connectivity index (χ1n) is 8.70. The molecule has 5 aromatic rings. The van der Waals surface area contributed by atoms with Gasteiger partial charge in [0.1, 0.15) is 0 Å². The molecular weight excluding hydrogens is 318 g/mol. The number of fused-ring (bicyclic) bond motifs is 1. The zero-order chi connectivity index (χ0) is 17.8. The summed E-state index contributed by atoms with van der Waals surface area (Å²) in [7, 11) is 0. The van der Waals surface area contributed by atoms with Crippen LogP contribution in [0.4, 0.5) is 0 Å². The van der Waals surface area contributed by atoms with E-state index in [4.69, 9.17) is 0 Å². The predicted octanol–water partition coefficient (Wildman–Crippen LogP) is 4.73. The number of hydrogen-bond donors (Lipinski definition) is 0. The van der Waals surface area contributed by atoms with Crippen molar-refractivity contribution >= 4 is 38.9 Å². The maximum atomic E-state index is 13.4. The van der Waals surface area contributed by atoms with E-state index in [0.29, 0.717) is 0 Å². The van der Waals surface area contributed by atoms with E-state index in [-0.39, 0.29) is 5.56 Å². The van der Waals surface area contributed by atoms with Gasteiger partial charge in [-0.1, -0.05) is 67.2 Å². The van der Waals surface area contributed by atoms with Crippen LogP contribution >= 0.6 is 0 Å². The molecule has 2 nitrogen and oxygen atoms in total. The highest BCUT2D eigenvalue weighted by Gasteiger charge is 2.14. The zero-order valence-corrected chi connectivity index (χ0v) is 14.5. The van der Waals surface area contributed by atoms with Gasteiger partial charge < -0.3 is 0 Å². The van der Waals surface area contributed by atoms with Gasteiger partial charge in [-0.05, 0) is 35.4 Å². The molecule has 0 aliphatic carbocycles. The third kappa shape index (κ3) is 1.90. The average molecular weight is 335 g/mol. The first-order chi connectivity index (χ1) is 12.7. The fourth-order valence-corrected chi connectivity index (χ4v) is 4.07. The third-order valence-electron chi connectivity index (χ3n) is 5.25. The van der Waals surface area contributed by atoms with E-state index in [1.54, 1.807) is 4.57 Å². The molecule has 0 spiro atoms. The van der Waals surface area contributed by atoms with Gasteiger partial charge in [-0.2, -0.15) is 0 Å². The lowest BCUT2D eigenvalue weighted by molar-refractivity contribution is 0.988. The predicted molar refractivity (Wildman–Crippen MR) is 110 cm³/mol. The second-order valence-electron chi connectivity index (χ2n) is 6.75. The van der Waals surface area contributed by atoms with Crippen molar-refractivity contribution in [3.05, 3.63) is 94.1 Å². The summed E-state index contributed by atoms with van der Waals surface area (Å²) in [6, 6.07) is 24.3. The fraction of sp³-hybridized carbons (Fsp3) is 0.0417. The van der Waals surface area contributed by atoms with Crippen LogP contribution in [0.1, 0.15) is 5.56 Å². The van der Waals surface area contributed by atoms with E-state index < -0.39 is 0 Å². The molecule has 0 radical (unpaired) electrons. The van der Waals surface area contributed by atoms with Crippen molar-refractivity contribution in [1.82, 2.24) is 4.57 Å². The number of aromatic nitrogens is 1. The second kappa shape index (κ2) is 5.30. The molecule has 0 aliphatic heterocycles. The smallest absolute Gasteiger partial charge is 0.263 e. The molecule has 0 aliphatic rings. The Bertz CT molecular complexity index is 1360. The number of nitrogens with zero attached hydrogens (tertiary/aromatic N) is 1. The molecule has 0 saturated carbocycles. The summed E-state index contributed by atoms with van der Waals surface area (Å²) in [4.78, 5) is 13.4. The summed E-state index contributed by atoms with van der Waals surface area (Å²) in [6.07, 6.45) is 0. The quantitative estimate of drug-likeness (QED) is 0.434. The van der Waals surface area contributed by atoms with Crippen LogP contribution in [-0.4, -0.2) is 4.57 Å². The molecule has 0 fully saturated rings. The fourth-order valence-electron chi connectivity index (χ4n) is 4.07. The van der Waals surface area contributed by atoms with Crippen LogP contribution in [0.25, 0.3) is 44.6 Å². The minimum Gasteiger partial charge on any atom is -0.276 e. The summed E-state index contributed by atoms with van der Waals surface area (Å²) in [5.74, 6) is 0. The highest BCUT2D eigenvalue weighted by Crippen LogP contribution is 2.26. The number of pyridine rings is 1. The van der Waals surface area contributed by atoms with E-state index in [0.717, 1.165) is 48.9 Å². The maximum absolute atomic E-state index is 13.4. The van der Waals surface area contributed by atoms with Gasteiger partial charge in [0.05, 0.1) is 5.69 Å². The second-order valence-corrected chi connectivity index (χ2v) is 6.75. The summed E-state index contributed by atoms with van der Waals surface area (Å²) in [6.45, 7) is 6.37. The van der Waals surface area contributed by atoms with Crippen LogP contribution in [0.3, 0.4) is 0 Å². The molecule has 5 rings (SSSR count). The Kier molecular flexibility index (Phi) is 3.04. The van der Waals surface area contributed by atoms with Crippen LogP contribution in [0.2, 0.25) is 0 Å². The van der Waals surface area contributed by atoms with Gasteiger partial charge in [-0.3, -0.25) is 9.36 Å². The largest absolute Gasteiger partial charge is 0.276 e.